The van der Waals surface area contributed by atoms with Crippen molar-refractivity contribution < 1.29 is 13.2 Å². The lowest BCUT2D eigenvalue weighted by Crippen LogP contribution is -2.15. The van der Waals surface area contributed by atoms with Gasteiger partial charge < -0.3 is 5.32 Å². The number of hydrogen-bond donors (Lipinski definition) is 2. The molecule has 7 heteroatoms. The van der Waals surface area contributed by atoms with E-state index in [4.69, 9.17) is 5.14 Å². The molecule has 21 heavy (non-hydrogen) atoms. The highest BCUT2D eigenvalue weighted by Gasteiger charge is 2.11. The monoisotopic (exact) mass is 305 g/mol. The van der Waals surface area contributed by atoms with Crippen LogP contribution < -0.4 is 10.5 Å². The molecule has 0 saturated carbocycles. The number of sulfonamides is 1. The Labute approximate surface area is 123 Å². The molecule has 0 fully saturated rings. The number of anilines is 1. The third-order valence-electron chi connectivity index (χ3n) is 2.91. The molecule has 6 nitrogen and oxygen atoms in total. The number of nitrogens with zero attached hydrogens (tertiary/aromatic N) is 1. The average molecular weight is 305 g/mol. The molecule has 2 aromatic rings. The molecule has 0 saturated heterocycles. The Balaban J connectivity index is 2.20. The Hall–Kier alpha value is -2.25. The van der Waals surface area contributed by atoms with Crippen molar-refractivity contribution in [1.29, 1.82) is 0 Å². The smallest absolute Gasteiger partial charge is 0.257 e. The van der Waals surface area contributed by atoms with Crippen molar-refractivity contribution in [3.05, 3.63) is 53.3 Å². The minimum Gasteiger partial charge on any atom is -0.322 e. The van der Waals surface area contributed by atoms with Gasteiger partial charge in [-0.05, 0) is 50.2 Å². The summed E-state index contributed by atoms with van der Waals surface area (Å²) in [5.74, 6) is -0.302. The molecule has 0 atom stereocenters. The summed E-state index contributed by atoms with van der Waals surface area (Å²) in [7, 11) is -3.73. The van der Waals surface area contributed by atoms with E-state index in [2.05, 4.69) is 10.3 Å². The summed E-state index contributed by atoms with van der Waals surface area (Å²) >= 11 is 0. The van der Waals surface area contributed by atoms with Gasteiger partial charge in [-0.1, -0.05) is 0 Å². The maximum absolute atomic E-state index is 12.1. The molecular weight excluding hydrogens is 290 g/mol. The molecule has 0 aliphatic carbocycles. The van der Waals surface area contributed by atoms with Gasteiger partial charge in [0.25, 0.3) is 5.91 Å². The number of amides is 1. The van der Waals surface area contributed by atoms with E-state index in [0.717, 1.165) is 5.69 Å². The van der Waals surface area contributed by atoms with Crippen LogP contribution in [-0.2, 0) is 10.0 Å². The Morgan fingerprint density at radius 3 is 2.24 bits per heavy atom. The van der Waals surface area contributed by atoms with E-state index in [-0.39, 0.29) is 10.8 Å². The van der Waals surface area contributed by atoms with E-state index < -0.39 is 10.0 Å². The minimum absolute atomic E-state index is 0.00585. The summed E-state index contributed by atoms with van der Waals surface area (Å²) in [6, 6.07) is 9.09. The average Bonchev–Trinajstić information content (AvgIpc) is 2.38. The van der Waals surface area contributed by atoms with E-state index in [1.165, 1.54) is 24.3 Å². The van der Waals surface area contributed by atoms with Crippen LogP contribution in [0.3, 0.4) is 0 Å². The third-order valence-corrected chi connectivity index (χ3v) is 3.84. The third kappa shape index (κ3) is 3.65. The van der Waals surface area contributed by atoms with Crippen LogP contribution in [0.1, 0.15) is 21.7 Å². The summed E-state index contributed by atoms with van der Waals surface area (Å²) in [6.45, 7) is 3.60. The second kappa shape index (κ2) is 5.63. The Morgan fingerprint density at radius 2 is 1.71 bits per heavy atom. The molecule has 0 aliphatic rings. The molecule has 1 aromatic heterocycles. The summed E-state index contributed by atoms with van der Waals surface area (Å²) < 4.78 is 22.3. The van der Waals surface area contributed by atoms with Crippen molar-refractivity contribution in [2.24, 2.45) is 5.14 Å². The maximum atomic E-state index is 12.1. The number of hydrogen-bond acceptors (Lipinski definition) is 4. The van der Waals surface area contributed by atoms with Crippen molar-refractivity contribution >= 4 is 21.6 Å². The fourth-order valence-corrected chi connectivity index (χ4v) is 2.37. The van der Waals surface area contributed by atoms with Gasteiger partial charge in [-0.25, -0.2) is 13.6 Å². The van der Waals surface area contributed by atoms with Crippen LogP contribution in [0.15, 0.2) is 41.3 Å². The Kier molecular flexibility index (Phi) is 4.06. The number of rotatable bonds is 3. The first-order valence-electron chi connectivity index (χ1n) is 6.16. The van der Waals surface area contributed by atoms with Gasteiger partial charge in [-0.2, -0.15) is 0 Å². The minimum atomic E-state index is -3.73. The van der Waals surface area contributed by atoms with E-state index in [1.54, 1.807) is 19.1 Å². The van der Waals surface area contributed by atoms with Crippen LogP contribution in [0, 0.1) is 13.8 Å². The zero-order valence-corrected chi connectivity index (χ0v) is 12.4. The van der Waals surface area contributed by atoms with Crippen molar-refractivity contribution in [3.8, 4) is 0 Å². The zero-order valence-electron chi connectivity index (χ0n) is 11.6. The lowest BCUT2D eigenvalue weighted by molar-refractivity contribution is 0.102. The number of aryl methyl sites for hydroxylation is 2. The summed E-state index contributed by atoms with van der Waals surface area (Å²) in [6.07, 6.45) is 0. The first kappa shape index (κ1) is 15.1. The normalized spacial score (nSPS) is 11.2. The van der Waals surface area contributed by atoms with Crippen molar-refractivity contribution in [1.82, 2.24) is 4.98 Å². The summed E-state index contributed by atoms with van der Waals surface area (Å²) in [5.41, 5.74) is 2.42. The SMILES string of the molecule is Cc1ccc(C(=O)Nc2ccc(S(N)(=O)=O)cc2)c(C)n1. The Morgan fingerprint density at radius 1 is 1.10 bits per heavy atom. The number of benzene rings is 1. The number of pyridine rings is 1. The first-order valence-corrected chi connectivity index (χ1v) is 7.70. The largest absolute Gasteiger partial charge is 0.322 e. The van der Waals surface area contributed by atoms with Gasteiger partial charge in [0.05, 0.1) is 16.2 Å². The van der Waals surface area contributed by atoms with Gasteiger partial charge in [-0.3, -0.25) is 9.78 Å². The molecule has 1 aromatic carbocycles. The second-order valence-corrected chi connectivity index (χ2v) is 6.17. The summed E-state index contributed by atoms with van der Waals surface area (Å²) in [5, 5.41) is 7.69. The van der Waals surface area contributed by atoms with E-state index in [0.29, 0.717) is 16.9 Å². The van der Waals surface area contributed by atoms with Crippen LogP contribution in [0.5, 0.6) is 0 Å². The van der Waals surface area contributed by atoms with Crippen molar-refractivity contribution in [3.63, 3.8) is 0 Å². The van der Waals surface area contributed by atoms with Gasteiger partial charge in [-0.15, -0.1) is 0 Å². The lowest BCUT2D eigenvalue weighted by Gasteiger charge is -2.08. The van der Waals surface area contributed by atoms with Crippen molar-refractivity contribution in [2.75, 3.05) is 5.32 Å². The van der Waals surface area contributed by atoms with E-state index in [1.807, 2.05) is 6.92 Å². The molecule has 0 unspecified atom stereocenters. The van der Waals surface area contributed by atoms with E-state index in [9.17, 15) is 13.2 Å². The predicted octanol–water partition coefficient (Wildman–Crippen LogP) is 1.60. The number of nitrogens with two attached hydrogens (primary N) is 1. The van der Waals surface area contributed by atoms with Gasteiger partial charge in [0.1, 0.15) is 0 Å². The maximum Gasteiger partial charge on any atom is 0.257 e. The molecule has 2 rings (SSSR count). The molecule has 1 heterocycles. The number of primary sulfonamides is 1. The molecule has 0 bridgehead atoms. The Bertz CT molecular complexity index is 784. The fourth-order valence-electron chi connectivity index (χ4n) is 1.85. The molecule has 110 valence electrons. The van der Waals surface area contributed by atoms with Crippen LogP contribution in [0.25, 0.3) is 0 Å². The predicted molar refractivity (Wildman–Crippen MR) is 79.5 cm³/mol. The number of carbonyl (C=O) groups excluding carboxylic acids is 1. The second-order valence-electron chi connectivity index (χ2n) is 4.61. The standard InChI is InChI=1S/C14H15N3O3S/c1-9-3-8-13(10(2)16-9)14(18)17-11-4-6-12(7-5-11)21(15,19)20/h3-8H,1-2H3,(H,17,18)(H2,15,19,20). The van der Waals surface area contributed by atoms with Gasteiger partial charge in [0, 0.05) is 11.4 Å². The molecule has 1 amide bonds. The molecule has 0 aliphatic heterocycles. The zero-order chi connectivity index (χ0) is 15.6. The number of nitrogens with one attached hydrogen (secondary N) is 1. The van der Waals surface area contributed by atoms with Crippen LogP contribution in [0.2, 0.25) is 0 Å². The van der Waals surface area contributed by atoms with Crippen LogP contribution in [-0.4, -0.2) is 19.3 Å². The molecule has 0 radical (unpaired) electrons. The highest BCUT2D eigenvalue weighted by molar-refractivity contribution is 7.89. The molecule has 0 spiro atoms. The number of carbonyl (C=O) groups is 1. The van der Waals surface area contributed by atoms with E-state index >= 15 is 0 Å². The van der Waals surface area contributed by atoms with Crippen molar-refractivity contribution in [2.45, 2.75) is 18.7 Å². The topological polar surface area (TPSA) is 102 Å². The highest BCUT2D eigenvalue weighted by Crippen LogP contribution is 2.15. The first-order chi connectivity index (χ1) is 9.77. The van der Waals surface area contributed by atoms with Gasteiger partial charge in [0.2, 0.25) is 10.0 Å². The molecule has 3 N–H and O–H groups in total. The summed E-state index contributed by atoms with van der Waals surface area (Å²) in [4.78, 5) is 16.4. The molecular formula is C14H15N3O3S. The van der Waals surface area contributed by atoms with Crippen LogP contribution >= 0.6 is 0 Å². The van der Waals surface area contributed by atoms with Gasteiger partial charge in [0.15, 0.2) is 0 Å². The quantitative estimate of drug-likeness (QED) is 0.899. The van der Waals surface area contributed by atoms with Gasteiger partial charge >= 0.3 is 0 Å². The fraction of sp³-hybridized carbons (Fsp3) is 0.143. The lowest BCUT2D eigenvalue weighted by atomic mass is 10.1. The highest BCUT2D eigenvalue weighted by atomic mass is 32.2. The number of aromatic nitrogens is 1. The van der Waals surface area contributed by atoms with Crippen LogP contribution in [0.4, 0.5) is 5.69 Å².